The van der Waals surface area contributed by atoms with Gasteiger partial charge in [0.25, 0.3) is 0 Å². The van der Waals surface area contributed by atoms with Crippen LogP contribution in [0.4, 0.5) is 4.79 Å². The number of methoxy groups -OCH3 is 1. The van der Waals surface area contributed by atoms with E-state index in [0.717, 1.165) is 38.5 Å². The van der Waals surface area contributed by atoms with Crippen molar-refractivity contribution in [1.82, 2.24) is 15.5 Å². The molecule has 0 saturated carbocycles. The highest BCUT2D eigenvalue weighted by Crippen LogP contribution is 2.16. The van der Waals surface area contributed by atoms with E-state index in [9.17, 15) is 4.79 Å². The quantitative estimate of drug-likeness (QED) is 0.519. The molecule has 1 fully saturated rings. The Balaban J connectivity index is 2.52. The second-order valence-electron chi connectivity index (χ2n) is 6.68. The molecule has 1 aliphatic heterocycles. The number of carbonyl (C=O) groups is 1. The fourth-order valence-electron chi connectivity index (χ4n) is 3.05. The molecule has 0 aromatic heterocycles. The normalized spacial score (nSPS) is 19.5. The molecule has 0 spiro atoms. The number of aliphatic imine (C=N–C) groups is 1. The Labute approximate surface area is 146 Å². The summed E-state index contributed by atoms with van der Waals surface area (Å²) in [7, 11) is 3.54. The lowest BCUT2D eigenvalue weighted by Crippen LogP contribution is -2.48. The minimum absolute atomic E-state index is 0.0122. The predicted octanol–water partition coefficient (Wildman–Crippen LogP) is 1.69. The molecule has 1 aliphatic rings. The SMILES string of the molecule is CCOC(=O)NC(CNC(=NC)N1CCC(COC)C1)CC(C)C. The predicted molar refractivity (Wildman–Crippen MR) is 96.3 cm³/mol. The smallest absolute Gasteiger partial charge is 0.407 e. The molecule has 1 amide bonds. The van der Waals surface area contributed by atoms with E-state index < -0.39 is 0 Å². The van der Waals surface area contributed by atoms with Gasteiger partial charge in [0.15, 0.2) is 5.96 Å². The third-order valence-corrected chi connectivity index (χ3v) is 4.06. The van der Waals surface area contributed by atoms with Crippen molar-refractivity contribution < 1.29 is 14.3 Å². The number of alkyl carbamates (subject to hydrolysis) is 1. The zero-order valence-corrected chi connectivity index (χ0v) is 15.8. The topological polar surface area (TPSA) is 75.2 Å². The second kappa shape index (κ2) is 11.1. The fourth-order valence-corrected chi connectivity index (χ4v) is 3.05. The minimum atomic E-state index is -0.360. The van der Waals surface area contributed by atoms with Gasteiger partial charge in [0.05, 0.1) is 13.2 Å². The summed E-state index contributed by atoms with van der Waals surface area (Å²) < 4.78 is 10.2. The van der Waals surface area contributed by atoms with Crippen molar-refractivity contribution in [3.63, 3.8) is 0 Å². The lowest BCUT2D eigenvalue weighted by atomic mass is 10.0. The third-order valence-electron chi connectivity index (χ3n) is 4.06. The molecule has 140 valence electrons. The molecule has 7 nitrogen and oxygen atoms in total. The first-order chi connectivity index (χ1) is 11.5. The molecule has 2 unspecified atom stereocenters. The second-order valence-corrected chi connectivity index (χ2v) is 6.68. The van der Waals surface area contributed by atoms with Crippen LogP contribution in [0.1, 0.15) is 33.6 Å². The average molecular weight is 342 g/mol. The summed E-state index contributed by atoms with van der Waals surface area (Å²) >= 11 is 0. The fraction of sp³-hybridized carbons (Fsp3) is 0.882. The van der Waals surface area contributed by atoms with Crippen molar-refractivity contribution in [3.05, 3.63) is 0 Å². The number of carbonyl (C=O) groups excluding carboxylic acids is 1. The molecule has 0 aromatic rings. The average Bonchev–Trinajstić information content (AvgIpc) is 2.96. The molecule has 1 heterocycles. The van der Waals surface area contributed by atoms with Crippen LogP contribution in [-0.4, -0.2) is 70.0 Å². The monoisotopic (exact) mass is 342 g/mol. The lowest BCUT2D eigenvalue weighted by molar-refractivity contribution is 0.146. The maximum Gasteiger partial charge on any atom is 0.407 e. The van der Waals surface area contributed by atoms with Crippen molar-refractivity contribution in [1.29, 1.82) is 0 Å². The van der Waals surface area contributed by atoms with Gasteiger partial charge in [0.1, 0.15) is 0 Å². The molecule has 2 N–H and O–H groups in total. The highest BCUT2D eigenvalue weighted by Gasteiger charge is 2.25. The van der Waals surface area contributed by atoms with Gasteiger partial charge in [-0.3, -0.25) is 4.99 Å². The van der Waals surface area contributed by atoms with Crippen molar-refractivity contribution in [2.45, 2.75) is 39.7 Å². The van der Waals surface area contributed by atoms with Crippen LogP contribution in [0.5, 0.6) is 0 Å². The van der Waals surface area contributed by atoms with Crippen LogP contribution in [0.3, 0.4) is 0 Å². The van der Waals surface area contributed by atoms with E-state index in [0.29, 0.717) is 25.0 Å². The van der Waals surface area contributed by atoms with E-state index >= 15 is 0 Å². The van der Waals surface area contributed by atoms with Gasteiger partial charge in [-0.25, -0.2) is 4.79 Å². The number of ether oxygens (including phenoxy) is 2. The first kappa shape index (κ1) is 20.5. The molecule has 2 atom stereocenters. The van der Waals surface area contributed by atoms with Crippen LogP contribution >= 0.6 is 0 Å². The number of amides is 1. The van der Waals surface area contributed by atoms with E-state index in [1.807, 2.05) is 0 Å². The largest absolute Gasteiger partial charge is 0.450 e. The number of nitrogens with zero attached hydrogens (tertiary/aromatic N) is 2. The highest BCUT2D eigenvalue weighted by molar-refractivity contribution is 5.80. The molecule has 0 bridgehead atoms. The molecule has 0 aliphatic carbocycles. The Morgan fingerprint density at radius 1 is 1.42 bits per heavy atom. The van der Waals surface area contributed by atoms with E-state index in [-0.39, 0.29) is 12.1 Å². The van der Waals surface area contributed by atoms with Crippen LogP contribution in [0.25, 0.3) is 0 Å². The van der Waals surface area contributed by atoms with Gasteiger partial charge in [0, 0.05) is 45.8 Å². The van der Waals surface area contributed by atoms with E-state index in [4.69, 9.17) is 9.47 Å². The van der Waals surface area contributed by atoms with Gasteiger partial charge in [-0.05, 0) is 25.7 Å². The summed E-state index contributed by atoms with van der Waals surface area (Å²) in [5.41, 5.74) is 0. The minimum Gasteiger partial charge on any atom is -0.450 e. The summed E-state index contributed by atoms with van der Waals surface area (Å²) in [5.74, 6) is 1.92. The molecule has 0 aromatic carbocycles. The Morgan fingerprint density at radius 3 is 2.75 bits per heavy atom. The molecule has 1 rings (SSSR count). The molecular weight excluding hydrogens is 308 g/mol. The Morgan fingerprint density at radius 2 is 2.17 bits per heavy atom. The highest BCUT2D eigenvalue weighted by atomic mass is 16.5. The lowest BCUT2D eigenvalue weighted by Gasteiger charge is -2.25. The van der Waals surface area contributed by atoms with Crippen LogP contribution in [0.15, 0.2) is 4.99 Å². The van der Waals surface area contributed by atoms with Gasteiger partial charge in [-0.2, -0.15) is 0 Å². The summed E-state index contributed by atoms with van der Waals surface area (Å²) in [5, 5.41) is 6.32. The number of nitrogens with one attached hydrogen (secondary N) is 2. The Hall–Kier alpha value is -1.50. The summed E-state index contributed by atoms with van der Waals surface area (Å²) in [6.45, 7) is 9.82. The molecular formula is C17H34N4O3. The first-order valence-electron chi connectivity index (χ1n) is 8.87. The Kier molecular flexibility index (Phi) is 9.52. The molecule has 7 heteroatoms. The third kappa shape index (κ3) is 7.38. The van der Waals surface area contributed by atoms with Crippen molar-refractivity contribution in [2.75, 3.05) is 47.0 Å². The molecule has 0 radical (unpaired) electrons. The summed E-state index contributed by atoms with van der Waals surface area (Å²) in [6.07, 6.45) is 1.64. The van der Waals surface area contributed by atoms with Gasteiger partial charge >= 0.3 is 6.09 Å². The number of rotatable bonds is 8. The zero-order chi connectivity index (χ0) is 17.9. The number of likely N-dealkylation sites (tertiary alicyclic amines) is 1. The van der Waals surface area contributed by atoms with Gasteiger partial charge in [-0.15, -0.1) is 0 Å². The molecule has 24 heavy (non-hydrogen) atoms. The summed E-state index contributed by atoms with van der Waals surface area (Å²) in [6, 6.07) is 0.0122. The van der Waals surface area contributed by atoms with Gasteiger partial charge < -0.3 is 25.0 Å². The van der Waals surface area contributed by atoms with E-state index in [1.165, 1.54) is 0 Å². The van der Waals surface area contributed by atoms with Crippen molar-refractivity contribution >= 4 is 12.1 Å². The van der Waals surface area contributed by atoms with E-state index in [2.05, 4.69) is 34.4 Å². The van der Waals surface area contributed by atoms with E-state index in [1.54, 1.807) is 21.1 Å². The maximum absolute atomic E-state index is 11.7. The van der Waals surface area contributed by atoms with Crippen LogP contribution in [0, 0.1) is 11.8 Å². The Bertz CT molecular complexity index is 401. The zero-order valence-electron chi connectivity index (χ0n) is 15.8. The summed E-state index contributed by atoms with van der Waals surface area (Å²) in [4.78, 5) is 18.3. The van der Waals surface area contributed by atoms with Crippen LogP contribution < -0.4 is 10.6 Å². The maximum atomic E-state index is 11.7. The van der Waals surface area contributed by atoms with Gasteiger partial charge in [-0.1, -0.05) is 13.8 Å². The van der Waals surface area contributed by atoms with Gasteiger partial charge in [0.2, 0.25) is 0 Å². The number of hydrogen-bond acceptors (Lipinski definition) is 4. The molecule has 1 saturated heterocycles. The van der Waals surface area contributed by atoms with Crippen LogP contribution in [0.2, 0.25) is 0 Å². The number of guanidine groups is 1. The van der Waals surface area contributed by atoms with Crippen molar-refractivity contribution in [2.24, 2.45) is 16.8 Å². The standard InChI is InChI=1S/C17H34N4O3/c1-6-24-17(22)20-15(9-13(2)3)10-19-16(18-4)21-8-7-14(11-21)12-23-5/h13-15H,6-12H2,1-5H3,(H,18,19)(H,20,22). The number of hydrogen-bond donors (Lipinski definition) is 2. The van der Waals surface area contributed by atoms with Crippen LogP contribution in [-0.2, 0) is 9.47 Å². The van der Waals surface area contributed by atoms with Crippen molar-refractivity contribution in [3.8, 4) is 0 Å². The first-order valence-corrected chi connectivity index (χ1v) is 8.87.